The molecule has 0 unspecified atom stereocenters. The minimum Gasteiger partial charge on any atom is -0.444 e. The molecule has 8 heteroatoms. The Bertz CT molecular complexity index is 1020. The van der Waals surface area contributed by atoms with Gasteiger partial charge in [-0.1, -0.05) is 31.4 Å². The predicted octanol–water partition coefficient (Wildman–Crippen LogP) is 4.18. The average molecular weight is 440 g/mol. The van der Waals surface area contributed by atoms with Gasteiger partial charge < -0.3 is 26.1 Å². The van der Waals surface area contributed by atoms with Crippen molar-refractivity contribution in [3.05, 3.63) is 58.0 Å². The van der Waals surface area contributed by atoms with Gasteiger partial charge in [0, 0.05) is 18.8 Å². The van der Waals surface area contributed by atoms with Crippen LogP contribution in [0.4, 0.5) is 16.2 Å². The van der Waals surface area contributed by atoms with E-state index in [2.05, 4.69) is 20.6 Å². The highest BCUT2D eigenvalue weighted by Gasteiger charge is 2.18. The molecule has 32 heavy (non-hydrogen) atoms. The number of carbonyl (C=O) groups is 1. The lowest BCUT2D eigenvalue weighted by molar-refractivity contribution is 0.0523. The minimum atomic E-state index is -0.559. The van der Waals surface area contributed by atoms with E-state index < -0.39 is 11.7 Å². The Morgan fingerprint density at radius 1 is 1.22 bits per heavy atom. The molecular weight excluding hydrogens is 406 g/mol. The number of hydrogen-bond acceptors (Lipinski definition) is 5. The van der Waals surface area contributed by atoms with Gasteiger partial charge in [0.2, 0.25) is 0 Å². The van der Waals surface area contributed by atoms with Crippen molar-refractivity contribution in [2.45, 2.75) is 71.1 Å². The molecule has 1 fully saturated rings. The molecule has 1 aromatic carbocycles. The molecule has 1 aliphatic rings. The molecule has 0 saturated heterocycles. The van der Waals surface area contributed by atoms with Crippen LogP contribution in [0, 0.1) is 0 Å². The maximum atomic E-state index is 12.6. The van der Waals surface area contributed by atoms with Crippen LogP contribution in [-0.4, -0.2) is 28.6 Å². The van der Waals surface area contributed by atoms with Crippen LogP contribution in [0.15, 0.2) is 46.3 Å². The van der Waals surface area contributed by atoms with Crippen LogP contribution in [-0.2, 0) is 11.3 Å². The average Bonchev–Trinajstić information content (AvgIpc) is 2.72. The first kappa shape index (κ1) is 23.4. The Morgan fingerprint density at radius 3 is 2.69 bits per heavy atom. The Hall–Kier alpha value is -3.29. The van der Waals surface area contributed by atoms with Gasteiger partial charge in [0.15, 0.2) is 0 Å². The summed E-state index contributed by atoms with van der Waals surface area (Å²) in [6, 6.07) is 9.48. The molecular formula is C24H33N5O3. The molecule has 172 valence electrons. The quantitative estimate of drug-likeness (QED) is 0.397. The zero-order valence-electron chi connectivity index (χ0n) is 19.0. The number of benzene rings is 1. The molecule has 5 N–H and O–H groups in total. The van der Waals surface area contributed by atoms with Gasteiger partial charge in [0.1, 0.15) is 17.0 Å². The number of pyridine rings is 1. The van der Waals surface area contributed by atoms with Crippen molar-refractivity contribution in [3.8, 4) is 0 Å². The second kappa shape index (κ2) is 10.3. The van der Waals surface area contributed by atoms with Gasteiger partial charge in [-0.3, -0.25) is 4.79 Å². The van der Waals surface area contributed by atoms with Crippen LogP contribution < -0.4 is 21.9 Å². The van der Waals surface area contributed by atoms with Gasteiger partial charge in [-0.2, -0.15) is 0 Å². The summed E-state index contributed by atoms with van der Waals surface area (Å²) < 4.78 is 5.26. The van der Waals surface area contributed by atoms with Crippen molar-refractivity contribution in [3.63, 3.8) is 0 Å². The number of anilines is 1. The molecule has 1 amide bonds. The van der Waals surface area contributed by atoms with E-state index in [4.69, 9.17) is 10.5 Å². The summed E-state index contributed by atoms with van der Waals surface area (Å²) in [7, 11) is 0. The number of carbonyl (C=O) groups excluding carboxylic acids is 1. The normalized spacial score (nSPS) is 15.3. The molecule has 0 atom stereocenters. The third-order valence-corrected chi connectivity index (χ3v) is 5.18. The number of rotatable bonds is 6. The first-order valence-electron chi connectivity index (χ1n) is 11.1. The fraction of sp³-hybridized carbons (Fsp3) is 0.458. The van der Waals surface area contributed by atoms with Gasteiger partial charge in [-0.25, -0.2) is 9.79 Å². The Kier molecular flexibility index (Phi) is 7.56. The van der Waals surface area contributed by atoms with E-state index in [1.165, 1.54) is 19.3 Å². The van der Waals surface area contributed by atoms with Crippen LogP contribution >= 0.6 is 0 Å². The Labute approximate surface area is 188 Å². The molecule has 1 aliphatic carbocycles. The number of aromatic amines is 1. The van der Waals surface area contributed by atoms with Gasteiger partial charge in [-0.15, -0.1) is 0 Å². The van der Waals surface area contributed by atoms with Gasteiger partial charge >= 0.3 is 6.09 Å². The lowest BCUT2D eigenvalue weighted by Gasteiger charge is -2.24. The number of amides is 1. The van der Waals surface area contributed by atoms with E-state index in [-0.39, 0.29) is 11.4 Å². The lowest BCUT2D eigenvalue weighted by atomic mass is 9.95. The van der Waals surface area contributed by atoms with Crippen LogP contribution in [0.1, 0.15) is 64.0 Å². The summed E-state index contributed by atoms with van der Waals surface area (Å²) in [6.07, 6.45) is 6.91. The number of nitrogens with one attached hydrogen (secondary N) is 3. The number of nitrogens with zero attached hydrogens (tertiary/aromatic N) is 1. The first-order chi connectivity index (χ1) is 15.2. The van der Waals surface area contributed by atoms with E-state index >= 15 is 0 Å². The highest BCUT2D eigenvalue weighted by atomic mass is 16.6. The van der Waals surface area contributed by atoms with Crippen LogP contribution in [0.3, 0.4) is 0 Å². The van der Waals surface area contributed by atoms with Crippen LogP contribution in [0.5, 0.6) is 0 Å². The SMILES string of the molecule is CC(C)(C)OC(=O)NCc1cccc(N=C(N)c2c(NC3CCCCC3)cc[nH]c2=O)c1. The molecule has 0 bridgehead atoms. The van der Waals surface area contributed by atoms with Crippen LogP contribution in [0.2, 0.25) is 0 Å². The van der Waals surface area contributed by atoms with Crippen molar-refractivity contribution < 1.29 is 9.53 Å². The second-order valence-corrected chi connectivity index (χ2v) is 9.10. The highest BCUT2D eigenvalue weighted by Crippen LogP contribution is 2.23. The predicted molar refractivity (Wildman–Crippen MR) is 127 cm³/mol. The second-order valence-electron chi connectivity index (χ2n) is 9.10. The highest BCUT2D eigenvalue weighted by molar-refractivity contribution is 6.03. The fourth-order valence-electron chi connectivity index (χ4n) is 3.74. The molecule has 0 spiro atoms. The summed E-state index contributed by atoms with van der Waals surface area (Å²) in [4.78, 5) is 31.6. The molecule has 2 aromatic rings. The number of alkyl carbamates (subject to hydrolysis) is 1. The zero-order valence-corrected chi connectivity index (χ0v) is 19.0. The van der Waals surface area contributed by atoms with Crippen molar-refractivity contribution in [1.29, 1.82) is 0 Å². The largest absolute Gasteiger partial charge is 0.444 e. The summed E-state index contributed by atoms with van der Waals surface area (Å²) in [5, 5.41) is 6.20. The molecule has 1 aromatic heterocycles. The number of ether oxygens (including phenoxy) is 1. The zero-order chi connectivity index (χ0) is 23.1. The number of hydrogen-bond donors (Lipinski definition) is 4. The standard InChI is InChI=1S/C24H33N5O3/c1-24(2,3)32-23(31)27-15-16-8-7-11-18(14-16)29-21(25)20-19(12-13-26-22(20)30)28-17-9-5-4-6-10-17/h7-8,11-14,17H,4-6,9-10,15H2,1-3H3,(H2,25,29)(H,27,31)(H2,26,28,30). The maximum Gasteiger partial charge on any atom is 0.407 e. The van der Waals surface area contributed by atoms with E-state index in [0.717, 1.165) is 18.4 Å². The van der Waals surface area contributed by atoms with Gasteiger partial charge in [-0.05, 0) is 57.4 Å². The van der Waals surface area contributed by atoms with E-state index in [0.29, 0.717) is 29.5 Å². The van der Waals surface area contributed by atoms with Gasteiger partial charge in [0.25, 0.3) is 5.56 Å². The number of aliphatic imine (C=N–C) groups is 1. The monoisotopic (exact) mass is 439 g/mol. The van der Waals surface area contributed by atoms with Gasteiger partial charge in [0.05, 0.1) is 11.4 Å². The van der Waals surface area contributed by atoms with Crippen molar-refractivity contribution in [1.82, 2.24) is 10.3 Å². The van der Waals surface area contributed by atoms with Crippen molar-refractivity contribution in [2.75, 3.05) is 5.32 Å². The summed E-state index contributed by atoms with van der Waals surface area (Å²) in [6.45, 7) is 5.73. The van der Waals surface area contributed by atoms with E-state index in [9.17, 15) is 9.59 Å². The summed E-state index contributed by atoms with van der Waals surface area (Å²) >= 11 is 0. The number of amidine groups is 1. The fourth-order valence-corrected chi connectivity index (χ4v) is 3.74. The topological polar surface area (TPSA) is 122 Å². The number of H-pyrrole nitrogens is 1. The molecule has 8 nitrogen and oxygen atoms in total. The third kappa shape index (κ3) is 6.87. The smallest absolute Gasteiger partial charge is 0.407 e. The summed E-state index contributed by atoms with van der Waals surface area (Å²) in [5.74, 6) is 0.141. The summed E-state index contributed by atoms with van der Waals surface area (Å²) in [5.41, 5.74) is 7.91. The van der Waals surface area contributed by atoms with E-state index in [1.807, 2.05) is 45.0 Å². The third-order valence-electron chi connectivity index (χ3n) is 5.18. The maximum absolute atomic E-state index is 12.6. The number of aromatic nitrogens is 1. The Balaban J connectivity index is 1.75. The lowest BCUT2D eigenvalue weighted by Crippen LogP contribution is -2.32. The van der Waals surface area contributed by atoms with Crippen molar-refractivity contribution >= 4 is 23.3 Å². The molecule has 1 heterocycles. The molecule has 3 rings (SSSR count). The Morgan fingerprint density at radius 2 is 1.97 bits per heavy atom. The molecule has 0 aliphatic heterocycles. The van der Waals surface area contributed by atoms with E-state index in [1.54, 1.807) is 12.3 Å². The van der Waals surface area contributed by atoms with Crippen LogP contribution in [0.25, 0.3) is 0 Å². The minimum absolute atomic E-state index is 0.141. The number of nitrogens with two attached hydrogens (primary N) is 1. The molecule has 0 radical (unpaired) electrons. The van der Waals surface area contributed by atoms with Crippen molar-refractivity contribution in [2.24, 2.45) is 10.7 Å². The molecule has 1 saturated carbocycles. The first-order valence-corrected chi connectivity index (χ1v) is 11.1.